The Hall–Kier alpha value is -4.67. The Bertz CT molecular complexity index is 1600. The third-order valence-electron chi connectivity index (χ3n) is 9.33. The van der Waals surface area contributed by atoms with Gasteiger partial charge in [0.15, 0.2) is 5.54 Å². The number of benzene rings is 2. The maximum Gasteiger partial charge on any atom is 0.409 e. The molecule has 0 N–H and O–H groups in total. The van der Waals surface area contributed by atoms with E-state index in [9.17, 15) is 14.4 Å². The number of carbonyl (C=O) groups is 3. The van der Waals surface area contributed by atoms with Crippen molar-refractivity contribution in [3.63, 3.8) is 0 Å². The molecular formula is C33H37N7O4. The van der Waals surface area contributed by atoms with Crippen LogP contribution in [-0.4, -0.2) is 112 Å². The zero-order valence-corrected chi connectivity index (χ0v) is 25.2. The van der Waals surface area contributed by atoms with Crippen LogP contribution in [0.3, 0.4) is 0 Å². The average Bonchev–Trinajstić information content (AvgIpc) is 3.85. The molecule has 1 unspecified atom stereocenters. The van der Waals surface area contributed by atoms with Crippen LogP contribution in [0.25, 0.3) is 22.3 Å². The number of aryl methyl sites for hydroxylation is 1. The van der Waals surface area contributed by atoms with Crippen molar-refractivity contribution in [2.45, 2.75) is 24.8 Å². The largest absolute Gasteiger partial charge is 0.453 e. The highest BCUT2D eigenvalue weighted by molar-refractivity contribution is 6.16. The first-order chi connectivity index (χ1) is 21.3. The predicted octanol–water partition coefficient (Wildman–Crippen LogP) is 3.70. The van der Waals surface area contributed by atoms with E-state index < -0.39 is 11.6 Å². The Morgan fingerprint density at radius 1 is 0.864 bits per heavy atom. The molecule has 5 heterocycles. The minimum absolute atomic E-state index is 0.0907. The molecule has 4 amide bonds. The summed E-state index contributed by atoms with van der Waals surface area (Å²) < 4.78 is 6.66. The first-order valence-electron chi connectivity index (χ1n) is 15.3. The molecule has 3 saturated heterocycles. The smallest absolute Gasteiger partial charge is 0.409 e. The Kier molecular flexibility index (Phi) is 7.10. The van der Waals surface area contributed by atoms with Crippen LogP contribution in [0.4, 0.5) is 9.59 Å². The Balaban J connectivity index is 1.10. The standard InChI is InChI=1S/C33H37N7O4/c1-36-20-28(17-34-36)26-7-5-24(6-8-26)25-9-11-27(12-10-25)29-35-33(21-39(22-33)32(43)44-2)30(41)40(29)19-23-13-16-38(18-23)31(42)37-14-3-4-15-37/h5-12,17,20,23H,3-4,13-16,18-19,21-22H2,1-2H3. The summed E-state index contributed by atoms with van der Waals surface area (Å²) in [6.45, 7) is 3.86. The third-order valence-corrected chi connectivity index (χ3v) is 9.33. The van der Waals surface area contributed by atoms with Crippen LogP contribution in [0.15, 0.2) is 65.9 Å². The molecule has 44 heavy (non-hydrogen) atoms. The van der Waals surface area contributed by atoms with Gasteiger partial charge in [-0.3, -0.25) is 14.4 Å². The molecule has 2 aromatic carbocycles. The van der Waals surface area contributed by atoms with Gasteiger partial charge in [-0.05, 0) is 41.9 Å². The monoisotopic (exact) mass is 595 g/mol. The van der Waals surface area contributed by atoms with Gasteiger partial charge >= 0.3 is 12.1 Å². The lowest BCUT2D eigenvalue weighted by Gasteiger charge is -2.43. The average molecular weight is 596 g/mol. The first-order valence-corrected chi connectivity index (χ1v) is 15.3. The number of amidine groups is 1. The summed E-state index contributed by atoms with van der Waals surface area (Å²) in [6, 6.07) is 16.6. The fourth-order valence-electron chi connectivity index (χ4n) is 6.86. The molecule has 1 spiro atoms. The lowest BCUT2D eigenvalue weighted by atomic mass is 9.90. The van der Waals surface area contributed by atoms with Crippen molar-refractivity contribution in [2.75, 3.05) is 52.9 Å². The molecule has 0 aliphatic carbocycles. The molecule has 11 heteroatoms. The Morgan fingerprint density at radius 3 is 2.07 bits per heavy atom. The van der Waals surface area contributed by atoms with E-state index in [0.29, 0.717) is 25.5 Å². The van der Waals surface area contributed by atoms with E-state index in [1.807, 2.05) is 41.4 Å². The molecule has 4 aliphatic rings. The zero-order chi connectivity index (χ0) is 30.4. The second kappa shape index (κ2) is 11.1. The minimum Gasteiger partial charge on any atom is -0.453 e. The van der Waals surface area contributed by atoms with E-state index in [-0.39, 0.29) is 30.9 Å². The highest BCUT2D eigenvalue weighted by Crippen LogP contribution is 2.36. The van der Waals surface area contributed by atoms with E-state index in [1.54, 1.807) is 9.58 Å². The number of nitrogens with zero attached hydrogens (tertiary/aromatic N) is 7. The molecule has 0 bridgehead atoms. The number of amides is 4. The van der Waals surface area contributed by atoms with Crippen LogP contribution in [0.1, 0.15) is 24.8 Å². The van der Waals surface area contributed by atoms with Crippen molar-refractivity contribution in [1.29, 1.82) is 0 Å². The summed E-state index contributed by atoms with van der Waals surface area (Å²) in [5.74, 6) is 0.689. The van der Waals surface area contributed by atoms with Gasteiger partial charge < -0.3 is 19.4 Å². The van der Waals surface area contributed by atoms with Crippen LogP contribution < -0.4 is 0 Å². The van der Waals surface area contributed by atoms with Gasteiger partial charge in [0.25, 0.3) is 5.91 Å². The van der Waals surface area contributed by atoms with Crippen molar-refractivity contribution >= 4 is 23.9 Å². The molecule has 3 fully saturated rings. The molecule has 228 valence electrons. The summed E-state index contributed by atoms with van der Waals surface area (Å²) in [6.07, 6.45) is 6.35. The molecule has 11 nitrogen and oxygen atoms in total. The molecular weight excluding hydrogens is 558 g/mol. The number of aliphatic imine (C=N–C) groups is 1. The normalized spacial score (nSPS) is 20.8. The number of urea groups is 1. The van der Waals surface area contributed by atoms with Gasteiger partial charge in [-0.2, -0.15) is 5.10 Å². The van der Waals surface area contributed by atoms with E-state index in [1.165, 1.54) is 12.0 Å². The van der Waals surface area contributed by atoms with Crippen molar-refractivity contribution < 1.29 is 19.1 Å². The second-order valence-electron chi connectivity index (χ2n) is 12.3. The van der Waals surface area contributed by atoms with Crippen LogP contribution >= 0.6 is 0 Å². The highest BCUT2D eigenvalue weighted by atomic mass is 16.5. The summed E-state index contributed by atoms with van der Waals surface area (Å²) in [5, 5.41) is 4.26. The molecule has 0 radical (unpaired) electrons. The maximum absolute atomic E-state index is 13.9. The summed E-state index contributed by atoms with van der Waals surface area (Å²) in [7, 11) is 3.25. The van der Waals surface area contributed by atoms with Gasteiger partial charge in [0.1, 0.15) is 5.84 Å². The minimum atomic E-state index is -0.992. The van der Waals surface area contributed by atoms with Crippen LogP contribution in [0.5, 0.6) is 0 Å². The van der Waals surface area contributed by atoms with Crippen LogP contribution in [-0.2, 0) is 16.6 Å². The van der Waals surface area contributed by atoms with Crippen molar-refractivity contribution in [3.05, 3.63) is 66.5 Å². The molecule has 1 atom stereocenters. The first kappa shape index (κ1) is 28.1. The van der Waals surface area contributed by atoms with Crippen molar-refractivity contribution in [2.24, 2.45) is 18.0 Å². The summed E-state index contributed by atoms with van der Waals surface area (Å²) in [4.78, 5) is 51.2. The summed E-state index contributed by atoms with van der Waals surface area (Å²) >= 11 is 0. The van der Waals surface area contributed by atoms with Gasteiger partial charge in [-0.25, -0.2) is 14.6 Å². The van der Waals surface area contributed by atoms with Gasteiger partial charge in [0, 0.05) is 57.1 Å². The molecule has 1 aromatic heterocycles. The number of rotatable bonds is 5. The van der Waals surface area contributed by atoms with E-state index >= 15 is 0 Å². The van der Waals surface area contributed by atoms with Gasteiger partial charge in [0.05, 0.1) is 26.4 Å². The predicted molar refractivity (Wildman–Crippen MR) is 165 cm³/mol. The van der Waals surface area contributed by atoms with E-state index in [4.69, 9.17) is 9.73 Å². The van der Waals surface area contributed by atoms with E-state index in [0.717, 1.165) is 60.2 Å². The Morgan fingerprint density at radius 2 is 1.48 bits per heavy atom. The zero-order valence-electron chi connectivity index (χ0n) is 25.2. The number of likely N-dealkylation sites (tertiary alicyclic amines) is 3. The Labute approximate surface area is 256 Å². The molecule has 0 saturated carbocycles. The van der Waals surface area contributed by atoms with Gasteiger partial charge in [-0.15, -0.1) is 0 Å². The SMILES string of the molecule is COC(=O)N1CC2(C1)N=C(c1ccc(-c3ccc(-c4cnn(C)c4)cc3)cc1)N(CC1CCN(C(=O)N3CCCC3)C1)C2=O. The van der Waals surface area contributed by atoms with Crippen molar-refractivity contribution in [3.8, 4) is 22.3 Å². The number of methoxy groups -OCH3 is 1. The van der Waals surface area contributed by atoms with E-state index in [2.05, 4.69) is 41.5 Å². The number of hydrogen-bond donors (Lipinski definition) is 0. The topological polar surface area (TPSA) is 104 Å². The number of ether oxygens (including phenoxy) is 1. The quantitative estimate of drug-likeness (QED) is 0.448. The lowest BCUT2D eigenvalue weighted by Crippen LogP contribution is -2.66. The van der Waals surface area contributed by atoms with Gasteiger partial charge in [0.2, 0.25) is 0 Å². The second-order valence-corrected chi connectivity index (χ2v) is 12.3. The number of aromatic nitrogens is 2. The fourth-order valence-corrected chi connectivity index (χ4v) is 6.86. The van der Waals surface area contributed by atoms with Gasteiger partial charge in [-0.1, -0.05) is 48.5 Å². The number of carbonyl (C=O) groups excluding carboxylic acids is 3. The maximum atomic E-state index is 13.9. The number of hydrogen-bond acceptors (Lipinski definition) is 6. The highest BCUT2D eigenvalue weighted by Gasteiger charge is 2.58. The van der Waals surface area contributed by atoms with Crippen molar-refractivity contribution in [1.82, 2.24) is 29.4 Å². The third kappa shape index (κ3) is 4.99. The van der Waals surface area contributed by atoms with Crippen LogP contribution in [0.2, 0.25) is 0 Å². The molecule has 3 aromatic rings. The van der Waals surface area contributed by atoms with Crippen LogP contribution in [0, 0.1) is 5.92 Å². The molecule has 7 rings (SSSR count). The molecule has 4 aliphatic heterocycles. The lowest BCUT2D eigenvalue weighted by molar-refractivity contribution is -0.136. The fraction of sp³-hybridized carbons (Fsp3) is 0.424. The summed E-state index contributed by atoms with van der Waals surface area (Å²) in [5.41, 5.74) is 4.18.